The summed E-state index contributed by atoms with van der Waals surface area (Å²) in [5, 5.41) is 5.79. The van der Waals surface area contributed by atoms with E-state index in [1.807, 2.05) is 0 Å². The van der Waals surface area contributed by atoms with E-state index in [9.17, 15) is 9.18 Å². The van der Waals surface area contributed by atoms with Crippen molar-refractivity contribution in [2.45, 2.75) is 6.42 Å². The molecule has 2 N–H and O–H groups in total. The monoisotopic (exact) mass is 275 g/mol. The van der Waals surface area contributed by atoms with Gasteiger partial charge in [-0.15, -0.1) is 11.3 Å². The molecule has 0 saturated carbocycles. The highest BCUT2D eigenvalue weighted by Gasteiger charge is 2.10. The highest BCUT2D eigenvalue weighted by molar-refractivity contribution is 7.13. The van der Waals surface area contributed by atoms with E-state index >= 15 is 0 Å². The van der Waals surface area contributed by atoms with Crippen LogP contribution in [0.2, 0.25) is 0 Å². The molecule has 1 aromatic carbocycles. The van der Waals surface area contributed by atoms with E-state index in [0.717, 1.165) is 16.5 Å². The molecule has 0 unspecified atom stereocenters. The molecule has 4 nitrogen and oxygen atoms in total. The zero-order chi connectivity index (χ0) is 13.2. The van der Waals surface area contributed by atoms with Crippen LogP contribution in [-0.2, 0) is 11.2 Å². The molecule has 0 fully saturated rings. The van der Waals surface area contributed by atoms with Gasteiger partial charge >= 0.3 is 0 Å². The summed E-state index contributed by atoms with van der Waals surface area (Å²) in [6, 6.07) is 4.48. The van der Waals surface area contributed by atoms with Crippen LogP contribution in [0.5, 0.6) is 0 Å². The van der Waals surface area contributed by atoms with Crippen LogP contribution in [0.25, 0.3) is 10.9 Å². The number of nitrogens with one attached hydrogen (secondary N) is 2. The number of hydrogen-bond acceptors (Lipinski definition) is 3. The van der Waals surface area contributed by atoms with Crippen LogP contribution in [0.1, 0.15) is 5.56 Å². The van der Waals surface area contributed by atoms with Gasteiger partial charge in [-0.05, 0) is 23.8 Å². The first-order chi connectivity index (χ1) is 9.22. The zero-order valence-electron chi connectivity index (χ0n) is 9.81. The second-order valence-electron chi connectivity index (χ2n) is 4.07. The van der Waals surface area contributed by atoms with Crippen LogP contribution in [-0.4, -0.2) is 15.9 Å². The van der Waals surface area contributed by atoms with Gasteiger partial charge in [-0.2, -0.15) is 0 Å². The maximum atomic E-state index is 13.2. The molecule has 0 atom stereocenters. The lowest BCUT2D eigenvalue weighted by Gasteiger charge is -2.00. The van der Waals surface area contributed by atoms with Gasteiger partial charge in [0, 0.05) is 28.7 Å². The SMILES string of the molecule is O=C(Cc1c[nH]c2ccc(F)cc12)Nc1nccs1. The molecule has 0 aliphatic rings. The number of rotatable bonds is 3. The number of benzene rings is 1. The van der Waals surface area contributed by atoms with E-state index in [2.05, 4.69) is 15.3 Å². The molecular weight excluding hydrogens is 265 g/mol. The Morgan fingerprint density at radius 3 is 3.16 bits per heavy atom. The van der Waals surface area contributed by atoms with Gasteiger partial charge in [-0.25, -0.2) is 9.37 Å². The summed E-state index contributed by atoms with van der Waals surface area (Å²) >= 11 is 1.36. The van der Waals surface area contributed by atoms with E-state index in [0.29, 0.717) is 5.13 Å². The van der Waals surface area contributed by atoms with Gasteiger partial charge in [0.15, 0.2) is 5.13 Å². The second-order valence-corrected chi connectivity index (χ2v) is 4.96. The van der Waals surface area contributed by atoms with E-state index < -0.39 is 0 Å². The van der Waals surface area contributed by atoms with Crippen molar-refractivity contribution in [1.82, 2.24) is 9.97 Å². The lowest BCUT2D eigenvalue weighted by atomic mass is 10.1. The molecule has 2 aromatic heterocycles. The Morgan fingerprint density at radius 1 is 1.47 bits per heavy atom. The molecule has 0 radical (unpaired) electrons. The number of H-pyrrole nitrogens is 1. The van der Waals surface area contributed by atoms with Crippen molar-refractivity contribution in [3.05, 3.63) is 47.4 Å². The van der Waals surface area contributed by atoms with Gasteiger partial charge in [0.2, 0.25) is 5.91 Å². The number of carbonyl (C=O) groups excluding carboxylic acids is 1. The highest BCUT2D eigenvalue weighted by atomic mass is 32.1. The molecule has 0 saturated heterocycles. The number of aromatic nitrogens is 2. The van der Waals surface area contributed by atoms with Crippen molar-refractivity contribution in [2.75, 3.05) is 5.32 Å². The van der Waals surface area contributed by atoms with Crippen LogP contribution in [0.4, 0.5) is 9.52 Å². The number of amides is 1. The maximum Gasteiger partial charge on any atom is 0.230 e. The van der Waals surface area contributed by atoms with Crippen LogP contribution in [0, 0.1) is 5.82 Å². The van der Waals surface area contributed by atoms with Crippen molar-refractivity contribution >= 4 is 33.3 Å². The lowest BCUT2D eigenvalue weighted by molar-refractivity contribution is -0.115. The van der Waals surface area contributed by atoms with Gasteiger partial charge in [-0.3, -0.25) is 4.79 Å². The second kappa shape index (κ2) is 4.81. The first-order valence-electron chi connectivity index (χ1n) is 5.67. The molecule has 3 rings (SSSR count). The summed E-state index contributed by atoms with van der Waals surface area (Å²) in [6.45, 7) is 0. The molecule has 3 aromatic rings. The molecule has 1 amide bonds. The smallest absolute Gasteiger partial charge is 0.230 e. The average Bonchev–Trinajstić information content (AvgIpc) is 3.00. The minimum Gasteiger partial charge on any atom is -0.361 e. The number of fused-ring (bicyclic) bond motifs is 1. The lowest BCUT2D eigenvalue weighted by Crippen LogP contribution is -2.13. The molecule has 0 bridgehead atoms. The number of nitrogens with zero attached hydrogens (tertiary/aromatic N) is 1. The van der Waals surface area contributed by atoms with Crippen LogP contribution in [0.15, 0.2) is 36.0 Å². The summed E-state index contributed by atoms with van der Waals surface area (Å²) in [6.07, 6.45) is 3.54. The summed E-state index contributed by atoms with van der Waals surface area (Å²) in [5.41, 5.74) is 1.59. The topological polar surface area (TPSA) is 57.8 Å². The molecule has 2 heterocycles. The fourth-order valence-corrected chi connectivity index (χ4v) is 2.46. The summed E-state index contributed by atoms with van der Waals surface area (Å²) in [7, 11) is 0. The normalized spacial score (nSPS) is 10.8. The van der Waals surface area contributed by atoms with Gasteiger partial charge in [-0.1, -0.05) is 0 Å². The minimum absolute atomic E-state index is 0.167. The molecule has 19 heavy (non-hydrogen) atoms. The zero-order valence-corrected chi connectivity index (χ0v) is 10.6. The minimum atomic E-state index is -0.311. The molecule has 0 spiro atoms. The van der Waals surface area contributed by atoms with Crippen LogP contribution in [0.3, 0.4) is 0 Å². The summed E-state index contributed by atoms with van der Waals surface area (Å²) < 4.78 is 13.2. The third-order valence-electron chi connectivity index (χ3n) is 2.76. The number of carbonyl (C=O) groups is 1. The molecular formula is C13H10FN3OS. The number of anilines is 1. The van der Waals surface area contributed by atoms with Crippen LogP contribution < -0.4 is 5.32 Å². The molecule has 6 heteroatoms. The summed E-state index contributed by atoms with van der Waals surface area (Å²) in [5.74, 6) is -0.478. The van der Waals surface area contributed by atoms with Crippen molar-refractivity contribution in [1.29, 1.82) is 0 Å². The van der Waals surface area contributed by atoms with E-state index in [-0.39, 0.29) is 18.1 Å². The molecule has 0 aliphatic carbocycles. The van der Waals surface area contributed by atoms with Crippen LogP contribution >= 0.6 is 11.3 Å². The first kappa shape index (κ1) is 11.9. The molecule has 96 valence electrons. The Morgan fingerprint density at radius 2 is 2.37 bits per heavy atom. The maximum absolute atomic E-state index is 13.2. The third kappa shape index (κ3) is 2.48. The number of hydrogen-bond donors (Lipinski definition) is 2. The Balaban J connectivity index is 1.81. The molecule has 0 aliphatic heterocycles. The highest BCUT2D eigenvalue weighted by Crippen LogP contribution is 2.20. The Kier molecular flexibility index (Phi) is 3.00. The Hall–Kier alpha value is -2.21. The van der Waals surface area contributed by atoms with Gasteiger partial charge in [0.05, 0.1) is 6.42 Å². The number of thiazole rings is 1. The van der Waals surface area contributed by atoms with E-state index in [1.165, 1.54) is 23.5 Å². The largest absolute Gasteiger partial charge is 0.361 e. The number of aromatic amines is 1. The Bertz CT molecular complexity index is 721. The number of halogens is 1. The van der Waals surface area contributed by atoms with Crippen molar-refractivity contribution in [2.24, 2.45) is 0 Å². The van der Waals surface area contributed by atoms with Gasteiger partial charge in [0.25, 0.3) is 0 Å². The third-order valence-corrected chi connectivity index (χ3v) is 3.45. The van der Waals surface area contributed by atoms with E-state index in [1.54, 1.807) is 23.8 Å². The quantitative estimate of drug-likeness (QED) is 0.772. The predicted molar refractivity (Wildman–Crippen MR) is 72.7 cm³/mol. The average molecular weight is 275 g/mol. The first-order valence-corrected chi connectivity index (χ1v) is 6.55. The fraction of sp³-hybridized carbons (Fsp3) is 0.0769. The predicted octanol–water partition coefficient (Wildman–Crippen LogP) is 2.94. The Labute approximate surface area is 112 Å². The van der Waals surface area contributed by atoms with E-state index in [4.69, 9.17) is 0 Å². The fourth-order valence-electron chi connectivity index (χ4n) is 1.92. The van der Waals surface area contributed by atoms with Gasteiger partial charge < -0.3 is 10.3 Å². The summed E-state index contributed by atoms with van der Waals surface area (Å²) in [4.78, 5) is 18.9. The van der Waals surface area contributed by atoms with Crippen molar-refractivity contribution in [3.8, 4) is 0 Å². The van der Waals surface area contributed by atoms with Gasteiger partial charge in [0.1, 0.15) is 5.82 Å². The standard InChI is InChI=1S/C13H10FN3OS/c14-9-1-2-11-10(6-9)8(7-16-11)5-12(18)17-13-15-3-4-19-13/h1-4,6-7,16H,5H2,(H,15,17,18). The van der Waals surface area contributed by atoms with Crippen molar-refractivity contribution < 1.29 is 9.18 Å². The van der Waals surface area contributed by atoms with Crippen molar-refractivity contribution in [3.63, 3.8) is 0 Å².